The number of anilines is 1. The van der Waals surface area contributed by atoms with Crippen LogP contribution >= 0.6 is 0 Å². The number of hydrogen-bond donors (Lipinski definition) is 1. The zero-order valence-electron chi connectivity index (χ0n) is 17.4. The fourth-order valence-electron chi connectivity index (χ4n) is 3.94. The molecule has 0 unspecified atom stereocenters. The predicted molar refractivity (Wildman–Crippen MR) is 125 cm³/mol. The molecule has 0 atom stereocenters. The number of hydrogen-bond acceptors (Lipinski definition) is 5. The molecule has 0 aliphatic heterocycles. The van der Waals surface area contributed by atoms with Gasteiger partial charge < -0.3 is 9.88 Å². The number of pyridine rings is 1. The van der Waals surface area contributed by atoms with Gasteiger partial charge in [-0.3, -0.25) is 9.55 Å². The van der Waals surface area contributed by atoms with E-state index in [0.29, 0.717) is 6.04 Å². The van der Waals surface area contributed by atoms with E-state index in [1.807, 2.05) is 55.1 Å². The van der Waals surface area contributed by atoms with Crippen LogP contribution in [0.5, 0.6) is 0 Å². The van der Waals surface area contributed by atoms with Gasteiger partial charge in [0.25, 0.3) is 0 Å². The first-order chi connectivity index (χ1) is 15.8. The number of aromatic nitrogens is 6. The minimum Gasteiger partial charge on any atom is -0.354 e. The lowest BCUT2D eigenvalue weighted by molar-refractivity contribution is 0.746. The molecule has 1 saturated carbocycles. The first kappa shape index (κ1) is 18.5. The van der Waals surface area contributed by atoms with E-state index in [1.165, 1.54) is 12.8 Å². The summed E-state index contributed by atoms with van der Waals surface area (Å²) in [6, 6.07) is 20.7. The Morgan fingerprint density at radius 1 is 0.969 bits per heavy atom. The van der Waals surface area contributed by atoms with Crippen LogP contribution in [0.15, 0.2) is 86.1 Å². The van der Waals surface area contributed by atoms with E-state index in [0.717, 1.165) is 45.2 Å². The van der Waals surface area contributed by atoms with E-state index in [1.54, 1.807) is 6.20 Å². The van der Waals surface area contributed by atoms with E-state index in [-0.39, 0.29) is 0 Å². The summed E-state index contributed by atoms with van der Waals surface area (Å²) < 4.78 is 4.22. The van der Waals surface area contributed by atoms with Crippen LogP contribution in [0.2, 0.25) is 0 Å². The standard InChI is InChI=1S/C25H21N7/c1-17(23-14-21(11-12-26-23)31-15-27-22-7-2-3-8-24(22)31)29-19-6-4-5-18(13-19)25-30-28-16-32(25)20-9-10-20/h2-8,11-16,20,29H,1,9-10H2. The van der Waals surface area contributed by atoms with Crippen LogP contribution in [0.4, 0.5) is 5.69 Å². The van der Waals surface area contributed by atoms with Crippen molar-refractivity contribution in [3.05, 3.63) is 91.8 Å². The molecule has 0 bridgehead atoms. The zero-order valence-corrected chi connectivity index (χ0v) is 17.4. The lowest BCUT2D eigenvalue weighted by atomic mass is 10.1. The van der Waals surface area contributed by atoms with Crippen LogP contribution in [0.3, 0.4) is 0 Å². The van der Waals surface area contributed by atoms with E-state index < -0.39 is 0 Å². The van der Waals surface area contributed by atoms with Gasteiger partial charge in [-0.1, -0.05) is 30.8 Å². The Morgan fingerprint density at radius 3 is 2.78 bits per heavy atom. The van der Waals surface area contributed by atoms with Crippen LogP contribution in [0, 0.1) is 0 Å². The number of nitrogens with zero attached hydrogens (tertiary/aromatic N) is 6. The minimum absolute atomic E-state index is 0.526. The van der Waals surface area contributed by atoms with Crippen molar-refractivity contribution in [1.29, 1.82) is 0 Å². The first-order valence-corrected chi connectivity index (χ1v) is 10.6. The van der Waals surface area contributed by atoms with E-state index in [9.17, 15) is 0 Å². The van der Waals surface area contributed by atoms with Gasteiger partial charge in [-0.2, -0.15) is 0 Å². The predicted octanol–water partition coefficient (Wildman–Crippen LogP) is 5.10. The molecule has 32 heavy (non-hydrogen) atoms. The monoisotopic (exact) mass is 419 g/mol. The smallest absolute Gasteiger partial charge is 0.164 e. The molecule has 1 aliphatic carbocycles. The van der Waals surface area contributed by atoms with E-state index in [4.69, 9.17) is 0 Å². The lowest BCUT2D eigenvalue weighted by Crippen LogP contribution is -2.02. The SMILES string of the molecule is C=C(Nc1cccc(-c2nncn2C2CC2)c1)c1cc(-n2cnc3ccccc32)ccn1. The summed E-state index contributed by atoms with van der Waals surface area (Å²) in [6.45, 7) is 4.22. The molecule has 1 aliphatic rings. The highest BCUT2D eigenvalue weighted by Crippen LogP contribution is 2.37. The maximum Gasteiger partial charge on any atom is 0.164 e. The normalized spacial score (nSPS) is 13.4. The Kier molecular flexibility index (Phi) is 4.31. The van der Waals surface area contributed by atoms with E-state index in [2.05, 4.69) is 59.4 Å². The van der Waals surface area contributed by atoms with E-state index >= 15 is 0 Å². The highest BCUT2D eigenvalue weighted by atomic mass is 15.3. The van der Waals surface area contributed by atoms with Crippen molar-refractivity contribution in [2.45, 2.75) is 18.9 Å². The Hall–Kier alpha value is -4.26. The summed E-state index contributed by atoms with van der Waals surface area (Å²) in [5.41, 5.74) is 6.44. The quantitative estimate of drug-likeness (QED) is 0.415. The van der Waals surface area contributed by atoms with Crippen LogP contribution < -0.4 is 5.32 Å². The molecular formula is C25H21N7. The van der Waals surface area contributed by atoms with Crippen molar-refractivity contribution < 1.29 is 0 Å². The molecule has 0 spiro atoms. The number of fused-ring (bicyclic) bond motifs is 1. The summed E-state index contributed by atoms with van der Waals surface area (Å²) in [6.07, 6.45) is 7.82. The molecule has 3 aromatic heterocycles. The van der Waals surface area contributed by atoms with Crippen molar-refractivity contribution in [2.24, 2.45) is 0 Å². The fraction of sp³-hybridized carbons (Fsp3) is 0.120. The first-order valence-electron chi connectivity index (χ1n) is 10.6. The molecule has 2 aromatic carbocycles. The number of nitrogens with one attached hydrogen (secondary N) is 1. The van der Waals surface area contributed by atoms with Crippen LogP contribution in [0.1, 0.15) is 24.6 Å². The van der Waals surface area contributed by atoms with Gasteiger partial charge in [-0.05, 0) is 49.2 Å². The van der Waals surface area contributed by atoms with Gasteiger partial charge in [0, 0.05) is 23.5 Å². The second kappa shape index (κ2) is 7.46. The minimum atomic E-state index is 0.526. The fourth-order valence-corrected chi connectivity index (χ4v) is 3.94. The van der Waals surface area contributed by atoms with Gasteiger partial charge in [0.05, 0.1) is 28.1 Å². The van der Waals surface area contributed by atoms with Gasteiger partial charge in [0.15, 0.2) is 5.82 Å². The summed E-state index contributed by atoms with van der Waals surface area (Å²) >= 11 is 0. The molecule has 5 aromatic rings. The molecule has 0 amide bonds. The molecule has 7 heteroatoms. The number of para-hydroxylation sites is 2. The molecule has 7 nitrogen and oxygen atoms in total. The summed E-state index contributed by atoms with van der Waals surface area (Å²) in [7, 11) is 0. The third kappa shape index (κ3) is 3.33. The molecule has 0 radical (unpaired) electrons. The Bertz CT molecular complexity index is 1440. The molecule has 6 rings (SSSR count). The van der Waals surface area contributed by atoms with Crippen molar-refractivity contribution in [3.8, 4) is 17.1 Å². The van der Waals surface area contributed by atoms with Crippen LogP contribution in [0.25, 0.3) is 33.8 Å². The molecule has 0 saturated heterocycles. The molecular weight excluding hydrogens is 398 g/mol. The highest BCUT2D eigenvalue weighted by Gasteiger charge is 2.26. The Balaban J connectivity index is 1.27. The third-order valence-corrected chi connectivity index (χ3v) is 5.71. The molecule has 1 fully saturated rings. The Labute approximate surface area is 185 Å². The topological polar surface area (TPSA) is 73.5 Å². The summed E-state index contributed by atoms with van der Waals surface area (Å²) in [4.78, 5) is 9.01. The maximum absolute atomic E-state index is 4.52. The number of rotatable bonds is 6. The summed E-state index contributed by atoms with van der Waals surface area (Å²) in [5.74, 6) is 0.897. The van der Waals surface area contributed by atoms with Gasteiger partial charge in [0.2, 0.25) is 0 Å². The number of imidazole rings is 1. The largest absolute Gasteiger partial charge is 0.354 e. The van der Waals surface area contributed by atoms with Crippen molar-refractivity contribution in [3.63, 3.8) is 0 Å². The van der Waals surface area contributed by atoms with Gasteiger partial charge in [-0.25, -0.2) is 4.98 Å². The van der Waals surface area contributed by atoms with Gasteiger partial charge in [-0.15, -0.1) is 10.2 Å². The second-order valence-electron chi connectivity index (χ2n) is 7.98. The highest BCUT2D eigenvalue weighted by molar-refractivity contribution is 5.79. The Morgan fingerprint density at radius 2 is 1.88 bits per heavy atom. The van der Waals surface area contributed by atoms with Crippen molar-refractivity contribution in [1.82, 2.24) is 29.3 Å². The molecule has 156 valence electrons. The van der Waals surface area contributed by atoms with Gasteiger partial charge >= 0.3 is 0 Å². The zero-order chi connectivity index (χ0) is 21.5. The van der Waals surface area contributed by atoms with Crippen molar-refractivity contribution >= 4 is 22.4 Å². The summed E-state index contributed by atoms with van der Waals surface area (Å²) in [5, 5.41) is 11.8. The van der Waals surface area contributed by atoms with Gasteiger partial charge in [0.1, 0.15) is 12.7 Å². The number of benzene rings is 2. The maximum atomic E-state index is 4.52. The molecule has 1 N–H and O–H groups in total. The third-order valence-electron chi connectivity index (χ3n) is 5.71. The van der Waals surface area contributed by atoms with Crippen molar-refractivity contribution in [2.75, 3.05) is 5.32 Å². The average Bonchev–Trinajstić information content (AvgIpc) is 3.39. The average molecular weight is 419 g/mol. The lowest BCUT2D eigenvalue weighted by Gasteiger charge is -2.12. The second-order valence-corrected chi connectivity index (χ2v) is 7.98. The molecule has 3 heterocycles. The van der Waals surface area contributed by atoms with Crippen LogP contribution in [-0.2, 0) is 0 Å². The van der Waals surface area contributed by atoms with Crippen LogP contribution in [-0.4, -0.2) is 29.3 Å².